The number of ether oxygens (including phenoxy) is 1. The normalized spacial score (nSPS) is 16.2. The van der Waals surface area contributed by atoms with E-state index in [0.717, 1.165) is 49.9 Å². The number of methoxy groups -OCH3 is 1. The molecule has 2 aliphatic rings. The number of rotatable bonds is 5. The zero-order valence-electron chi connectivity index (χ0n) is 17.0. The lowest BCUT2D eigenvalue weighted by molar-refractivity contribution is -0.120. The number of aromatic amines is 1. The maximum atomic E-state index is 12.7. The molecule has 0 spiro atoms. The lowest BCUT2D eigenvalue weighted by atomic mass is 9.88. The van der Waals surface area contributed by atoms with Crippen LogP contribution in [0.5, 0.6) is 5.75 Å². The molecule has 30 heavy (non-hydrogen) atoms. The van der Waals surface area contributed by atoms with E-state index in [9.17, 15) is 9.59 Å². The quantitative estimate of drug-likeness (QED) is 0.578. The van der Waals surface area contributed by atoms with E-state index >= 15 is 0 Å². The van der Waals surface area contributed by atoms with E-state index in [0.29, 0.717) is 29.4 Å². The van der Waals surface area contributed by atoms with Gasteiger partial charge < -0.3 is 20.7 Å². The van der Waals surface area contributed by atoms with Crippen molar-refractivity contribution in [2.45, 2.75) is 45.1 Å². The molecule has 1 fully saturated rings. The minimum Gasteiger partial charge on any atom is -0.495 e. The molecule has 1 saturated carbocycles. The van der Waals surface area contributed by atoms with Gasteiger partial charge in [-0.25, -0.2) is 0 Å². The Hall–Kier alpha value is -2.58. The van der Waals surface area contributed by atoms with Gasteiger partial charge in [0.1, 0.15) is 5.75 Å². The van der Waals surface area contributed by atoms with Crippen molar-refractivity contribution in [2.24, 2.45) is 5.92 Å². The Morgan fingerprint density at radius 1 is 1.17 bits per heavy atom. The molecular formula is C21H28ClN5O3. The molecular weight excluding hydrogens is 406 g/mol. The van der Waals surface area contributed by atoms with Crippen molar-refractivity contribution in [3.8, 4) is 5.75 Å². The zero-order valence-corrected chi connectivity index (χ0v) is 17.9. The summed E-state index contributed by atoms with van der Waals surface area (Å²) in [7, 11) is 1.56. The molecule has 0 bridgehead atoms. The summed E-state index contributed by atoms with van der Waals surface area (Å²) in [5.74, 6) is 0.336. The Morgan fingerprint density at radius 2 is 1.97 bits per heavy atom. The molecule has 1 aliphatic heterocycles. The van der Waals surface area contributed by atoms with Crippen molar-refractivity contribution >= 4 is 35.6 Å². The Kier molecular flexibility index (Phi) is 7.33. The van der Waals surface area contributed by atoms with E-state index in [2.05, 4.69) is 26.1 Å². The SMILES string of the molecule is COc1ccc(NC(=O)c2n[nH]c3c2CNCC3)cc1NC(=O)C1CCCCC1.Cl. The van der Waals surface area contributed by atoms with Crippen LogP contribution in [0.1, 0.15) is 53.8 Å². The second-order valence-corrected chi connectivity index (χ2v) is 7.65. The third-order valence-electron chi connectivity index (χ3n) is 5.71. The molecule has 0 unspecified atom stereocenters. The van der Waals surface area contributed by atoms with Gasteiger partial charge in [0.25, 0.3) is 5.91 Å². The molecule has 1 aromatic heterocycles. The van der Waals surface area contributed by atoms with E-state index in [4.69, 9.17) is 4.74 Å². The minimum absolute atomic E-state index is 0. The highest BCUT2D eigenvalue weighted by Gasteiger charge is 2.24. The van der Waals surface area contributed by atoms with Gasteiger partial charge in [-0.3, -0.25) is 14.7 Å². The van der Waals surface area contributed by atoms with Gasteiger partial charge in [0.05, 0.1) is 12.8 Å². The van der Waals surface area contributed by atoms with Crippen molar-refractivity contribution in [1.29, 1.82) is 0 Å². The number of amides is 2. The number of aromatic nitrogens is 2. The molecule has 0 atom stereocenters. The molecule has 4 rings (SSSR count). The summed E-state index contributed by atoms with van der Waals surface area (Å²) in [4.78, 5) is 25.4. The number of carbonyl (C=O) groups is 2. The van der Waals surface area contributed by atoms with Gasteiger partial charge in [-0.1, -0.05) is 19.3 Å². The summed E-state index contributed by atoms with van der Waals surface area (Å²) in [6.07, 6.45) is 6.05. The zero-order chi connectivity index (χ0) is 20.2. The predicted octanol–water partition coefficient (Wildman–Crippen LogP) is 3.26. The van der Waals surface area contributed by atoms with Crippen molar-refractivity contribution in [3.63, 3.8) is 0 Å². The molecule has 2 amide bonds. The van der Waals surface area contributed by atoms with Crippen molar-refractivity contribution in [2.75, 3.05) is 24.3 Å². The van der Waals surface area contributed by atoms with Gasteiger partial charge in [-0.05, 0) is 31.0 Å². The van der Waals surface area contributed by atoms with Crippen LogP contribution in [-0.2, 0) is 17.8 Å². The van der Waals surface area contributed by atoms with E-state index in [-0.39, 0.29) is 30.1 Å². The molecule has 0 radical (unpaired) electrons. The first-order valence-corrected chi connectivity index (χ1v) is 10.2. The summed E-state index contributed by atoms with van der Waals surface area (Å²) in [6, 6.07) is 5.23. The molecule has 2 heterocycles. The fourth-order valence-electron chi connectivity index (χ4n) is 4.09. The molecule has 1 aromatic carbocycles. The predicted molar refractivity (Wildman–Crippen MR) is 117 cm³/mol. The second kappa shape index (κ2) is 9.95. The average molecular weight is 434 g/mol. The molecule has 0 saturated heterocycles. The van der Waals surface area contributed by atoms with Gasteiger partial charge >= 0.3 is 0 Å². The number of nitrogens with one attached hydrogen (secondary N) is 4. The summed E-state index contributed by atoms with van der Waals surface area (Å²) in [5.41, 5.74) is 3.45. The average Bonchev–Trinajstić information content (AvgIpc) is 3.19. The van der Waals surface area contributed by atoms with Gasteiger partial charge in [-0.2, -0.15) is 5.10 Å². The van der Waals surface area contributed by atoms with Crippen LogP contribution in [0.15, 0.2) is 18.2 Å². The van der Waals surface area contributed by atoms with E-state index in [1.165, 1.54) is 6.42 Å². The van der Waals surface area contributed by atoms with Crippen LogP contribution in [-0.4, -0.2) is 35.7 Å². The fourth-order valence-corrected chi connectivity index (χ4v) is 4.09. The Morgan fingerprint density at radius 3 is 2.73 bits per heavy atom. The van der Waals surface area contributed by atoms with E-state index in [1.807, 2.05) is 0 Å². The van der Waals surface area contributed by atoms with Gasteiger partial charge in [0, 0.05) is 42.4 Å². The first kappa shape index (κ1) is 22.1. The van der Waals surface area contributed by atoms with Crippen LogP contribution in [0.3, 0.4) is 0 Å². The highest BCUT2D eigenvalue weighted by molar-refractivity contribution is 6.04. The first-order valence-electron chi connectivity index (χ1n) is 10.2. The summed E-state index contributed by atoms with van der Waals surface area (Å²) in [6.45, 7) is 1.50. The lowest BCUT2D eigenvalue weighted by Gasteiger charge is -2.21. The topological polar surface area (TPSA) is 108 Å². The number of carbonyl (C=O) groups excluding carboxylic acids is 2. The van der Waals surface area contributed by atoms with Crippen molar-refractivity contribution < 1.29 is 14.3 Å². The summed E-state index contributed by atoms with van der Waals surface area (Å²) < 4.78 is 5.39. The number of fused-ring (bicyclic) bond motifs is 1. The third-order valence-corrected chi connectivity index (χ3v) is 5.71. The number of benzene rings is 1. The molecule has 4 N–H and O–H groups in total. The van der Waals surface area contributed by atoms with Crippen molar-refractivity contribution in [3.05, 3.63) is 35.2 Å². The fraction of sp³-hybridized carbons (Fsp3) is 0.476. The van der Waals surface area contributed by atoms with Crippen LogP contribution in [0.25, 0.3) is 0 Å². The summed E-state index contributed by atoms with van der Waals surface area (Å²) >= 11 is 0. The smallest absolute Gasteiger partial charge is 0.276 e. The first-order chi connectivity index (χ1) is 14.2. The number of H-pyrrole nitrogens is 1. The summed E-state index contributed by atoms with van der Waals surface area (Å²) in [5, 5.41) is 16.3. The molecule has 2 aromatic rings. The van der Waals surface area contributed by atoms with E-state index < -0.39 is 0 Å². The van der Waals surface area contributed by atoms with Crippen LogP contribution >= 0.6 is 12.4 Å². The monoisotopic (exact) mass is 433 g/mol. The molecule has 8 nitrogen and oxygen atoms in total. The van der Waals surface area contributed by atoms with Gasteiger partial charge in [0.2, 0.25) is 5.91 Å². The largest absolute Gasteiger partial charge is 0.495 e. The maximum Gasteiger partial charge on any atom is 0.276 e. The lowest BCUT2D eigenvalue weighted by Crippen LogP contribution is -2.25. The maximum absolute atomic E-state index is 12.7. The number of anilines is 2. The standard InChI is InChI=1S/C21H27N5O3.ClH/c1-29-18-8-7-14(11-17(18)24-20(27)13-5-3-2-4-6-13)23-21(28)19-15-12-22-10-9-16(15)25-26-19;/h7-8,11,13,22H,2-6,9-10,12H2,1H3,(H,23,28)(H,24,27)(H,25,26);1H. The number of halogens is 1. The van der Waals surface area contributed by atoms with Crippen LogP contribution in [0, 0.1) is 5.92 Å². The molecule has 9 heteroatoms. The van der Waals surface area contributed by atoms with Crippen molar-refractivity contribution in [1.82, 2.24) is 15.5 Å². The Balaban J connectivity index is 0.00000256. The third kappa shape index (κ3) is 4.76. The van der Waals surface area contributed by atoms with Crippen LogP contribution in [0.4, 0.5) is 11.4 Å². The van der Waals surface area contributed by atoms with Gasteiger partial charge in [0.15, 0.2) is 5.69 Å². The minimum atomic E-state index is -0.277. The Labute approximate surface area is 181 Å². The number of hydrogen-bond donors (Lipinski definition) is 4. The number of nitrogens with zero attached hydrogens (tertiary/aromatic N) is 1. The second-order valence-electron chi connectivity index (χ2n) is 7.65. The number of hydrogen-bond acceptors (Lipinski definition) is 5. The highest BCUT2D eigenvalue weighted by Crippen LogP contribution is 2.31. The van der Waals surface area contributed by atoms with Gasteiger partial charge in [-0.15, -0.1) is 12.4 Å². The Bertz CT molecular complexity index is 908. The highest BCUT2D eigenvalue weighted by atomic mass is 35.5. The molecule has 1 aliphatic carbocycles. The molecule has 162 valence electrons. The van der Waals surface area contributed by atoms with E-state index in [1.54, 1.807) is 25.3 Å². The van der Waals surface area contributed by atoms with Crippen LogP contribution < -0.4 is 20.7 Å². The van der Waals surface area contributed by atoms with Crippen LogP contribution in [0.2, 0.25) is 0 Å².